The number of halogens is 1. The van der Waals surface area contributed by atoms with Crippen molar-refractivity contribution in [2.75, 3.05) is 0 Å². The van der Waals surface area contributed by atoms with E-state index in [1.807, 2.05) is 19.1 Å². The lowest BCUT2D eigenvalue weighted by Crippen LogP contribution is -2.31. The van der Waals surface area contributed by atoms with Gasteiger partial charge in [-0.2, -0.15) is 0 Å². The van der Waals surface area contributed by atoms with Gasteiger partial charge in [0.25, 0.3) is 5.91 Å². The van der Waals surface area contributed by atoms with Gasteiger partial charge in [-0.3, -0.25) is 9.78 Å². The maximum absolute atomic E-state index is 12.3. The average molecular weight is 383 g/mol. The number of aliphatic hydroxyl groups is 1. The highest BCUT2D eigenvalue weighted by molar-refractivity contribution is 9.11. The van der Waals surface area contributed by atoms with Crippen molar-refractivity contribution in [3.05, 3.63) is 40.0 Å². The molecule has 0 bridgehead atoms. The van der Waals surface area contributed by atoms with Crippen molar-refractivity contribution < 1.29 is 9.90 Å². The predicted octanol–water partition coefficient (Wildman–Crippen LogP) is 4.10. The minimum atomic E-state index is -0.808. The Labute approximate surface area is 142 Å². The second-order valence-electron chi connectivity index (χ2n) is 5.97. The molecule has 1 amide bonds. The Kier molecular flexibility index (Phi) is 5.04. The van der Waals surface area contributed by atoms with Crippen molar-refractivity contribution in [2.45, 2.75) is 32.8 Å². The van der Waals surface area contributed by atoms with Crippen molar-refractivity contribution in [3.8, 4) is 0 Å². The van der Waals surface area contributed by atoms with E-state index in [4.69, 9.17) is 0 Å². The maximum atomic E-state index is 12.3. The summed E-state index contributed by atoms with van der Waals surface area (Å²) < 4.78 is 1.94. The molecule has 118 valence electrons. The van der Waals surface area contributed by atoms with Gasteiger partial charge in [0, 0.05) is 11.9 Å². The Bertz CT molecular complexity index is 718. The number of fused-ring (bicyclic) bond motifs is 1. The second kappa shape index (κ2) is 6.48. The standard InChI is InChI=1S/C16H19BrN2O2S/c1-9(16(3,4)21)5-10(2)19-15(20)11-6-13-12(18-8-11)7-14(17)22-13/h6-9,21H,2,5H2,1,3-4H3,(H,19,20). The summed E-state index contributed by atoms with van der Waals surface area (Å²) >= 11 is 4.95. The number of thiophene rings is 1. The molecule has 0 spiro atoms. The van der Waals surface area contributed by atoms with Gasteiger partial charge in [0.15, 0.2) is 0 Å². The zero-order chi connectivity index (χ0) is 16.5. The van der Waals surface area contributed by atoms with E-state index in [-0.39, 0.29) is 11.8 Å². The molecule has 1 unspecified atom stereocenters. The van der Waals surface area contributed by atoms with Gasteiger partial charge in [0.2, 0.25) is 0 Å². The number of rotatable bonds is 5. The molecule has 0 aliphatic rings. The molecule has 2 aromatic heterocycles. The van der Waals surface area contributed by atoms with Crippen LogP contribution in [0, 0.1) is 5.92 Å². The van der Waals surface area contributed by atoms with Crippen LogP contribution in [0.3, 0.4) is 0 Å². The van der Waals surface area contributed by atoms with Gasteiger partial charge in [-0.05, 0) is 54.2 Å². The van der Waals surface area contributed by atoms with Crippen LogP contribution in [-0.2, 0) is 0 Å². The Hall–Kier alpha value is -1.24. The summed E-state index contributed by atoms with van der Waals surface area (Å²) in [5.74, 6) is -0.235. The SMILES string of the molecule is C=C(CC(C)C(C)(C)O)NC(=O)c1cnc2cc(Br)sc2c1. The van der Waals surface area contributed by atoms with Crippen LogP contribution >= 0.6 is 27.3 Å². The van der Waals surface area contributed by atoms with Crippen molar-refractivity contribution in [2.24, 2.45) is 5.92 Å². The summed E-state index contributed by atoms with van der Waals surface area (Å²) in [4.78, 5) is 16.5. The van der Waals surface area contributed by atoms with Gasteiger partial charge >= 0.3 is 0 Å². The van der Waals surface area contributed by atoms with Crippen LogP contribution in [0.5, 0.6) is 0 Å². The quantitative estimate of drug-likeness (QED) is 0.817. The maximum Gasteiger partial charge on any atom is 0.257 e. The van der Waals surface area contributed by atoms with E-state index in [0.29, 0.717) is 17.7 Å². The van der Waals surface area contributed by atoms with Gasteiger partial charge in [0.05, 0.1) is 25.2 Å². The number of amides is 1. The molecule has 0 fully saturated rings. The molecule has 6 heteroatoms. The molecule has 2 N–H and O–H groups in total. The molecule has 0 aromatic carbocycles. The Balaban J connectivity index is 2.05. The zero-order valence-electron chi connectivity index (χ0n) is 12.8. The summed E-state index contributed by atoms with van der Waals surface area (Å²) in [5.41, 5.74) is 1.14. The normalized spacial score (nSPS) is 13.1. The van der Waals surface area contributed by atoms with E-state index in [1.165, 1.54) is 11.3 Å². The lowest BCUT2D eigenvalue weighted by Gasteiger charge is -2.26. The molecule has 0 aliphatic heterocycles. The molecule has 0 aliphatic carbocycles. The molecule has 2 aromatic rings. The van der Waals surface area contributed by atoms with Crippen molar-refractivity contribution in [3.63, 3.8) is 0 Å². The van der Waals surface area contributed by atoms with E-state index < -0.39 is 5.60 Å². The van der Waals surface area contributed by atoms with Crippen LogP contribution in [-0.4, -0.2) is 21.6 Å². The third-order valence-corrected chi connectivity index (χ3v) is 5.22. The number of nitrogens with zero attached hydrogens (tertiary/aromatic N) is 1. The topological polar surface area (TPSA) is 62.2 Å². The van der Waals surface area contributed by atoms with Crippen molar-refractivity contribution >= 4 is 43.4 Å². The summed E-state index contributed by atoms with van der Waals surface area (Å²) in [6.45, 7) is 9.30. The predicted molar refractivity (Wildman–Crippen MR) is 94.0 cm³/mol. The fourth-order valence-corrected chi connectivity index (χ4v) is 3.44. The smallest absolute Gasteiger partial charge is 0.257 e. The van der Waals surface area contributed by atoms with Crippen LogP contribution in [0.25, 0.3) is 10.2 Å². The van der Waals surface area contributed by atoms with E-state index in [0.717, 1.165) is 14.0 Å². The Morgan fingerprint density at radius 3 is 2.86 bits per heavy atom. The fraction of sp³-hybridized carbons (Fsp3) is 0.375. The van der Waals surface area contributed by atoms with Crippen LogP contribution < -0.4 is 5.32 Å². The zero-order valence-corrected chi connectivity index (χ0v) is 15.2. The highest BCUT2D eigenvalue weighted by Crippen LogP contribution is 2.29. The average Bonchev–Trinajstić information content (AvgIpc) is 2.76. The Morgan fingerprint density at radius 2 is 2.23 bits per heavy atom. The summed E-state index contributed by atoms with van der Waals surface area (Å²) in [6, 6.07) is 3.74. The first kappa shape index (κ1) is 17.1. The highest BCUT2D eigenvalue weighted by atomic mass is 79.9. The van der Waals surface area contributed by atoms with Crippen molar-refractivity contribution in [1.29, 1.82) is 0 Å². The molecular weight excluding hydrogens is 364 g/mol. The molecule has 0 radical (unpaired) electrons. The largest absolute Gasteiger partial charge is 0.390 e. The van der Waals surface area contributed by atoms with Gasteiger partial charge in [-0.1, -0.05) is 13.5 Å². The highest BCUT2D eigenvalue weighted by Gasteiger charge is 2.23. The van der Waals surface area contributed by atoms with E-state index in [1.54, 1.807) is 20.0 Å². The molecule has 4 nitrogen and oxygen atoms in total. The molecule has 0 saturated heterocycles. The minimum absolute atomic E-state index is 0.00541. The fourth-order valence-electron chi connectivity index (χ4n) is 1.91. The number of pyridine rings is 1. The lowest BCUT2D eigenvalue weighted by molar-refractivity contribution is 0.0244. The molecule has 22 heavy (non-hydrogen) atoms. The third kappa shape index (κ3) is 4.15. The first-order valence-electron chi connectivity index (χ1n) is 6.93. The summed E-state index contributed by atoms with van der Waals surface area (Å²) in [7, 11) is 0. The molecule has 2 heterocycles. The number of hydrogen-bond acceptors (Lipinski definition) is 4. The number of aromatic nitrogens is 1. The van der Waals surface area contributed by atoms with Gasteiger partial charge in [0.1, 0.15) is 0 Å². The summed E-state index contributed by atoms with van der Waals surface area (Å²) in [6.07, 6.45) is 2.08. The number of carbonyl (C=O) groups excluding carboxylic acids is 1. The van der Waals surface area contributed by atoms with Crippen LogP contribution in [0.4, 0.5) is 0 Å². The van der Waals surface area contributed by atoms with Crippen LogP contribution in [0.15, 0.2) is 34.4 Å². The second-order valence-corrected chi connectivity index (χ2v) is 8.44. The number of carbonyl (C=O) groups is 1. The number of hydrogen-bond donors (Lipinski definition) is 2. The van der Waals surface area contributed by atoms with Gasteiger partial charge in [-0.25, -0.2) is 0 Å². The molecule has 2 rings (SSSR count). The van der Waals surface area contributed by atoms with Gasteiger partial charge < -0.3 is 10.4 Å². The van der Waals surface area contributed by atoms with E-state index >= 15 is 0 Å². The lowest BCUT2D eigenvalue weighted by atomic mass is 9.89. The molecule has 1 atom stereocenters. The monoisotopic (exact) mass is 382 g/mol. The van der Waals surface area contributed by atoms with Crippen molar-refractivity contribution in [1.82, 2.24) is 10.3 Å². The van der Waals surface area contributed by atoms with E-state index in [9.17, 15) is 9.90 Å². The minimum Gasteiger partial charge on any atom is -0.390 e. The first-order chi connectivity index (χ1) is 10.2. The number of allylic oxidation sites excluding steroid dienone is 1. The molecule has 0 saturated carbocycles. The van der Waals surface area contributed by atoms with Gasteiger partial charge in [-0.15, -0.1) is 11.3 Å². The Morgan fingerprint density at radius 1 is 1.55 bits per heavy atom. The molecular formula is C16H19BrN2O2S. The van der Waals surface area contributed by atoms with E-state index in [2.05, 4.69) is 32.8 Å². The van der Waals surface area contributed by atoms with Crippen LogP contribution in [0.2, 0.25) is 0 Å². The van der Waals surface area contributed by atoms with Crippen LogP contribution in [0.1, 0.15) is 37.6 Å². The first-order valence-corrected chi connectivity index (χ1v) is 8.54. The third-order valence-electron chi connectivity index (χ3n) is 3.65. The summed E-state index contributed by atoms with van der Waals surface area (Å²) in [5, 5.41) is 12.7. The number of nitrogens with one attached hydrogen (secondary N) is 1.